The van der Waals surface area contributed by atoms with Crippen LogP contribution in [0.5, 0.6) is 0 Å². The van der Waals surface area contributed by atoms with Crippen molar-refractivity contribution in [3.63, 3.8) is 0 Å². The number of amides is 2. The molecular weight excluding hydrogens is 599 g/mol. The van der Waals surface area contributed by atoms with Crippen LogP contribution in [0.3, 0.4) is 0 Å². The number of alkyl halides is 2. The number of benzene rings is 3. The molecule has 0 bridgehead atoms. The summed E-state index contributed by atoms with van der Waals surface area (Å²) in [5.41, 5.74) is 3.76. The minimum atomic E-state index is -1.37. The van der Waals surface area contributed by atoms with Crippen molar-refractivity contribution in [3.05, 3.63) is 85.3 Å². The molecule has 2 amide bonds. The van der Waals surface area contributed by atoms with Gasteiger partial charge in [0.15, 0.2) is 0 Å². The smallest absolute Gasteiger partial charge is 0.259 e. The lowest BCUT2D eigenvalue weighted by molar-refractivity contribution is -0.117. The van der Waals surface area contributed by atoms with Crippen LogP contribution in [0.2, 0.25) is 20.1 Å². The molecule has 11 heteroatoms. The quantitative estimate of drug-likeness (QED) is 0.215. The average molecular weight is 620 g/mol. The first-order chi connectivity index (χ1) is 17.4. The minimum absolute atomic E-state index is 0.208. The molecule has 1 aliphatic rings. The van der Waals surface area contributed by atoms with Gasteiger partial charge < -0.3 is 15.5 Å². The lowest BCUT2D eigenvalue weighted by Gasteiger charge is -2.21. The Balaban J connectivity index is 1.55. The summed E-state index contributed by atoms with van der Waals surface area (Å²) in [6.45, 7) is 1.91. The summed E-state index contributed by atoms with van der Waals surface area (Å²) >= 11 is 37.6. The van der Waals surface area contributed by atoms with Crippen LogP contribution in [0.15, 0.2) is 48.5 Å². The van der Waals surface area contributed by atoms with Crippen molar-refractivity contribution in [3.8, 4) is 0 Å². The fourth-order valence-electron chi connectivity index (χ4n) is 4.29. The van der Waals surface area contributed by atoms with E-state index in [2.05, 4.69) is 10.6 Å². The molecule has 1 fully saturated rings. The van der Waals surface area contributed by atoms with Crippen LogP contribution in [0, 0.1) is 12.8 Å². The van der Waals surface area contributed by atoms with Gasteiger partial charge in [0, 0.05) is 37.1 Å². The molecule has 37 heavy (non-hydrogen) atoms. The van der Waals surface area contributed by atoms with Gasteiger partial charge in [-0.2, -0.15) is 0 Å². The fourth-order valence-corrected chi connectivity index (χ4v) is 5.93. The van der Waals surface area contributed by atoms with Crippen LogP contribution in [0.25, 0.3) is 0 Å². The van der Waals surface area contributed by atoms with Crippen molar-refractivity contribution in [2.75, 3.05) is 29.6 Å². The van der Waals surface area contributed by atoms with Crippen molar-refractivity contribution in [1.29, 1.82) is 0 Å². The Kier molecular flexibility index (Phi) is 8.16. The largest absolute Gasteiger partial charge is 0.388 e. The molecule has 0 heterocycles. The first-order valence-corrected chi connectivity index (χ1v) is 13.3. The van der Waals surface area contributed by atoms with Crippen LogP contribution < -0.4 is 15.5 Å². The molecule has 4 rings (SSSR count). The Morgan fingerprint density at radius 3 is 2.11 bits per heavy atom. The number of aryl methyl sites for hydroxylation is 1. The molecule has 0 spiro atoms. The molecule has 0 aliphatic heterocycles. The predicted molar refractivity (Wildman–Crippen MR) is 156 cm³/mol. The van der Waals surface area contributed by atoms with Gasteiger partial charge in [-0.25, -0.2) is 0 Å². The number of hydrogen-bond acceptors (Lipinski definition) is 3. The second-order valence-electron chi connectivity index (χ2n) is 8.73. The Morgan fingerprint density at radius 1 is 0.892 bits per heavy atom. The van der Waals surface area contributed by atoms with Gasteiger partial charge in [-0.15, -0.1) is 23.2 Å². The van der Waals surface area contributed by atoms with Crippen LogP contribution in [-0.2, 0) is 4.79 Å². The van der Waals surface area contributed by atoms with Gasteiger partial charge in [0.05, 0.1) is 31.6 Å². The SMILES string of the molecule is CNc1ccc(N(C)C(=O)c2cc(NC(=O)[C@@H]3[C@@H](c4cc(Cl)c(Cl)c(Cl)c4)C3(Cl)Cl)ccc2Cl)c(C)c1. The number of hydrogen-bond donors (Lipinski definition) is 2. The van der Waals surface area contributed by atoms with E-state index in [4.69, 9.17) is 69.6 Å². The lowest BCUT2D eigenvalue weighted by Crippen LogP contribution is -2.27. The van der Waals surface area contributed by atoms with Crippen molar-refractivity contribution < 1.29 is 9.59 Å². The Labute approximate surface area is 244 Å². The maximum atomic E-state index is 13.3. The summed E-state index contributed by atoms with van der Waals surface area (Å²) in [7, 11) is 3.49. The molecule has 3 aromatic rings. The maximum absolute atomic E-state index is 13.3. The third kappa shape index (κ3) is 5.49. The molecule has 3 aromatic carbocycles. The van der Waals surface area contributed by atoms with E-state index in [9.17, 15) is 9.59 Å². The van der Waals surface area contributed by atoms with E-state index in [-0.39, 0.29) is 31.6 Å². The maximum Gasteiger partial charge on any atom is 0.259 e. The Morgan fingerprint density at radius 2 is 1.51 bits per heavy atom. The molecule has 0 saturated heterocycles. The van der Waals surface area contributed by atoms with E-state index in [1.165, 1.54) is 11.0 Å². The monoisotopic (exact) mass is 617 g/mol. The predicted octanol–water partition coefficient (Wildman–Crippen LogP) is 8.45. The highest BCUT2D eigenvalue weighted by molar-refractivity contribution is 6.54. The summed E-state index contributed by atoms with van der Waals surface area (Å²) in [5, 5.41) is 6.79. The summed E-state index contributed by atoms with van der Waals surface area (Å²) in [6, 6.07) is 13.5. The van der Waals surface area contributed by atoms with Gasteiger partial charge in [-0.1, -0.05) is 46.4 Å². The number of halogens is 6. The van der Waals surface area contributed by atoms with Crippen molar-refractivity contribution in [2.45, 2.75) is 17.2 Å². The summed E-state index contributed by atoms with van der Waals surface area (Å²) < 4.78 is -1.37. The van der Waals surface area contributed by atoms with Crippen LogP contribution in [0.1, 0.15) is 27.4 Å². The van der Waals surface area contributed by atoms with E-state index in [0.29, 0.717) is 11.3 Å². The number of anilines is 3. The Bertz CT molecular complexity index is 1390. The molecule has 1 saturated carbocycles. The van der Waals surface area contributed by atoms with Crippen molar-refractivity contribution >= 4 is 98.5 Å². The molecule has 2 atom stereocenters. The third-order valence-corrected chi connectivity index (χ3v) is 8.78. The second-order valence-corrected chi connectivity index (χ2v) is 11.8. The number of carbonyl (C=O) groups is 2. The number of nitrogens with zero attached hydrogens (tertiary/aromatic N) is 1. The van der Waals surface area contributed by atoms with E-state index >= 15 is 0 Å². The topological polar surface area (TPSA) is 61.4 Å². The molecule has 0 unspecified atom stereocenters. The van der Waals surface area contributed by atoms with Crippen molar-refractivity contribution in [1.82, 2.24) is 0 Å². The first kappa shape index (κ1) is 28.2. The summed E-state index contributed by atoms with van der Waals surface area (Å²) in [4.78, 5) is 28.0. The van der Waals surface area contributed by atoms with Gasteiger partial charge in [-0.05, 0) is 66.6 Å². The zero-order valence-electron chi connectivity index (χ0n) is 19.8. The highest BCUT2D eigenvalue weighted by Crippen LogP contribution is 2.65. The van der Waals surface area contributed by atoms with Crippen molar-refractivity contribution in [2.24, 2.45) is 5.92 Å². The zero-order valence-corrected chi connectivity index (χ0v) is 24.3. The molecular formula is C26H21Cl6N3O2. The van der Waals surface area contributed by atoms with E-state index in [0.717, 1.165) is 16.9 Å². The molecule has 2 N–H and O–H groups in total. The summed E-state index contributed by atoms with van der Waals surface area (Å²) in [6.07, 6.45) is 0. The number of rotatable bonds is 6. The highest BCUT2D eigenvalue weighted by atomic mass is 35.5. The fraction of sp³-hybridized carbons (Fsp3) is 0.231. The van der Waals surface area contributed by atoms with Crippen LogP contribution in [0.4, 0.5) is 17.1 Å². The molecule has 0 radical (unpaired) electrons. The van der Waals surface area contributed by atoms with Gasteiger partial charge in [0.1, 0.15) is 4.33 Å². The van der Waals surface area contributed by atoms with Crippen LogP contribution in [-0.4, -0.2) is 30.2 Å². The number of carbonyl (C=O) groups excluding carboxylic acids is 2. The lowest BCUT2D eigenvalue weighted by atomic mass is 10.1. The molecule has 1 aliphatic carbocycles. The second kappa shape index (κ2) is 10.7. The zero-order chi connectivity index (χ0) is 27.2. The van der Waals surface area contributed by atoms with E-state index < -0.39 is 22.1 Å². The third-order valence-electron chi connectivity index (χ3n) is 6.32. The van der Waals surface area contributed by atoms with E-state index in [1.54, 1.807) is 31.3 Å². The van der Waals surface area contributed by atoms with E-state index in [1.807, 2.05) is 32.2 Å². The van der Waals surface area contributed by atoms with Gasteiger partial charge in [-0.3, -0.25) is 9.59 Å². The molecule has 5 nitrogen and oxygen atoms in total. The number of nitrogens with one attached hydrogen (secondary N) is 2. The van der Waals surface area contributed by atoms with Crippen LogP contribution >= 0.6 is 69.6 Å². The Hall–Kier alpha value is -1.86. The molecule has 0 aromatic heterocycles. The highest BCUT2D eigenvalue weighted by Gasteiger charge is 2.67. The van der Waals surface area contributed by atoms with Gasteiger partial charge in [0.2, 0.25) is 5.91 Å². The minimum Gasteiger partial charge on any atom is -0.388 e. The average Bonchev–Trinajstić information content (AvgIpc) is 3.44. The van der Waals surface area contributed by atoms with Gasteiger partial charge in [0.25, 0.3) is 5.91 Å². The first-order valence-electron chi connectivity index (χ1n) is 11.1. The standard InChI is InChI=1S/C26H21Cl6N3O2/c1-12-8-14(33-2)5-7-20(12)35(3)25(37)16-11-15(4-6-17(16)27)34-24(36)22-21(26(22,31)32)13-9-18(28)23(30)19(29)10-13/h4-11,21-22,33H,1-3H3,(H,34,36)/t21-,22+/m1/s1. The summed E-state index contributed by atoms with van der Waals surface area (Å²) in [5.74, 6) is -2.09. The molecule has 194 valence electrons. The normalized spacial score (nSPS) is 17.8. The van der Waals surface area contributed by atoms with Gasteiger partial charge >= 0.3 is 0 Å².